The van der Waals surface area contributed by atoms with Crippen LogP contribution in [-0.2, 0) is 0 Å². The summed E-state index contributed by atoms with van der Waals surface area (Å²) in [5.41, 5.74) is 0.694. The van der Waals surface area contributed by atoms with Crippen molar-refractivity contribution in [3.8, 4) is 0 Å². The van der Waals surface area contributed by atoms with Crippen LogP contribution in [-0.4, -0.2) is 23.9 Å². The average Bonchev–Trinajstić information content (AvgIpc) is 2.70. The summed E-state index contributed by atoms with van der Waals surface area (Å²) in [5, 5.41) is 0. The van der Waals surface area contributed by atoms with Crippen molar-refractivity contribution in [2.75, 3.05) is 18.0 Å². The van der Waals surface area contributed by atoms with Gasteiger partial charge in [-0.05, 0) is 19.8 Å². The first-order valence-electron chi connectivity index (χ1n) is 4.92. The van der Waals surface area contributed by atoms with E-state index in [0.29, 0.717) is 17.5 Å². The van der Waals surface area contributed by atoms with E-state index in [1.165, 1.54) is 19.8 Å². The summed E-state index contributed by atoms with van der Waals surface area (Å²) in [4.78, 5) is 17.5. The zero-order valence-electron chi connectivity index (χ0n) is 8.54. The molecule has 4 nitrogen and oxygen atoms in total. The van der Waals surface area contributed by atoms with Crippen LogP contribution in [0.2, 0.25) is 0 Å². The molecule has 76 valence electrons. The van der Waals surface area contributed by atoms with Crippen LogP contribution in [0.4, 0.5) is 6.01 Å². The maximum Gasteiger partial charge on any atom is 0.298 e. The number of hydrogen-bond acceptors (Lipinski definition) is 4. The molecule has 0 aromatic carbocycles. The number of rotatable bonds is 2. The number of anilines is 1. The van der Waals surface area contributed by atoms with Gasteiger partial charge in [0, 0.05) is 20.0 Å². The van der Waals surface area contributed by atoms with Gasteiger partial charge in [-0.25, -0.2) is 0 Å². The standard InChI is InChI=1S/C10H14N2O2/c1-7-9(8(2)13)14-10(11-7)12-5-3-4-6-12/h3-6H2,1-2H3. The Morgan fingerprint density at radius 2 is 2.07 bits per heavy atom. The lowest BCUT2D eigenvalue weighted by atomic mass is 10.3. The SMILES string of the molecule is CC(=O)c1oc(N2CCCC2)nc1C. The van der Waals surface area contributed by atoms with Crippen molar-refractivity contribution in [2.24, 2.45) is 0 Å². The van der Waals surface area contributed by atoms with Gasteiger partial charge in [0.25, 0.3) is 6.01 Å². The van der Waals surface area contributed by atoms with E-state index in [-0.39, 0.29) is 5.78 Å². The second-order valence-corrected chi connectivity index (χ2v) is 3.66. The molecule has 0 amide bonds. The molecule has 0 saturated carbocycles. The summed E-state index contributed by atoms with van der Waals surface area (Å²) >= 11 is 0. The second kappa shape index (κ2) is 3.44. The predicted molar refractivity (Wildman–Crippen MR) is 52.7 cm³/mol. The second-order valence-electron chi connectivity index (χ2n) is 3.66. The lowest BCUT2D eigenvalue weighted by Gasteiger charge is -2.10. The summed E-state index contributed by atoms with van der Waals surface area (Å²) in [6.07, 6.45) is 2.35. The molecule has 4 heteroatoms. The van der Waals surface area contributed by atoms with Crippen LogP contribution in [0.1, 0.15) is 36.0 Å². The molecule has 0 aliphatic carbocycles. The first kappa shape index (κ1) is 9.24. The van der Waals surface area contributed by atoms with Crippen LogP contribution < -0.4 is 4.90 Å². The number of aryl methyl sites for hydroxylation is 1. The Labute approximate surface area is 82.9 Å². The lowest BCUT2D eigenvalue weighted by molar-refractivity contribution is 0.0987. The Bertz CT molecular complexity index is 351. The third kappa shape index (κ3) is 1.52. The highest BCUT2D eigenvalue weighted by atomic mass is 16.4. The van der Waals surface area contributed by atoms with Crippen molar-refractivity contribution in [1.82, 2.24) is 4.98 Å². The lowest BCUT2D eigenvalue weighted by Crippen LogP contribution is -2.17. The van der Waals surface area contributed by atoms with E-state index in [4.69, 9.17) is 4.42 Å². The van der Waals surface area contributed by atoms with Gasteiger partial charge in [-0.2, -0.15) is 4.98 Å². The van der Waals surface area contributed by atoms with Crippen LogP contribution in [0.15, 0.2) is 4.42 Å². The van der Waals surface area contributed by atoms with Crippen LogP contribution >= 0.6 is 0 Å². The van der Waals surface area contributed by atoms with Gasteiger partial charge in [0.2, 0.25) is 0 Å². The summed E-state index contributed by atoms with van der Waals surface area (Å²) in [6.45, 7) is 5.27. The molecule has 2 rings (SSSR count). The molecule has 1 aromatic heterocycles. The van der Waals surface area contributed by atoms with Crippen LogP contribution in [0.5, 0.6) is 0 Å². The summed E-state index contributed by atoms with van der Waals surface area (Å²) in [7, 11) is 0. The van der Waals surface area contributed by atoms with Crippen molar-refractivity contribution in [3.63, 3.8) is 0 Å². The quantitative estimate of drug-likeness (QED) is 0.673. The normalized spacial score (nSPS) is 16.3. The van der Waals surface area contributed by atoms with Gasteiger partial charge < -0.3 is 9.32 Å². The topological polar surface area (TPSA) is 46.3 Å². The van der Waals surface area contributed by atoms with Gasteiger partial charge in [0.1, 0.15) is 0 Å². The summed E-state index contributed by atoms with van der Waals surface area (Å²) < 4.78 is 5.43. The zero-order chi connectivity index (χ0) is 10.1. The molecule has 14 heavy (non-hydrogen) atoms. The van der Waals surface area contributed by atoms with E-state index in [0.717, 1.165) is 13.1 Å². The van der Waals surface area contributed by atoms with Gasteiger partial charge >= 0.3 is 0 Å². The Kier molecular flexibility index (Phi) is 2.27. The molecular formula is C10H14N2O2. The Hall–Kier alpha value is -1.32. The predicted octanol–water partition coefficient (Wildman–Crippen LogP) is 1.79. The third-order valence-electron chi connectivity index (χ3n) is 2.48. The highest BCUT2D eigenvalue weighted by Crippen LogP contribution is 2.22. The molecule has 1 aliphatic rings. The Balaban J connectivity index is 2.27. The molecule has 0 N–H and O–H groups in total. The minimum Gasteiger partial charge on any atom is -0.420 e. The average molecular weight is 194 g/mol. The van der Waals surface area contributed by atoms with Crippen LogP contribution in [0.3, 0.4) is 0 Å². The van der Waals surface area contributed by atoms with Crippen molar-refractivity contribution in [2.45, 2.75) is 26.7 Å². The Morgan fingerprint density at radius 3 is 2.57 bits per heavy atom. The molecule has 0 unspecified atom stereocenters. The first-order valence-corrected chi connectivity index (χ1v) is 4.92. The zero-order valence-corrected chi connectivity index (χ0v) is 8.54. The maximum absolute atomic E-state index is 11.1. The number of oxazole rings is 1. The molecule has 0 bridgehead atoms. The van der Waals surface area contributed by atoms with Crippen molar-refractivity contribution in [1.29, 1.82) is 0 Å². The molecular weight excluding hydrogens is 180 g/mol. The number of carbonyl (C=O) groups is 1. The smallest absolute Gasteiger partial charge is 0.298 e. The molecule has 0 radical (unpaired) electrons. The fraction of sp³-hybridized carbons (Fsp3) is 0.600. The van der Waals surface area contributed by atoms with E-state index in [2.05, 4.69) is 9.88 Å². The number of nitrogens with zero attached hydrogens (tertiary/aromatic N) is 2. The summed E-state index contributed by atoms with van der Waals surface area (Å²) in [5.74, 6) is 0.340. The van der Waals surface area contributed by atoms with Gasteiger partial charge in [0.15, 0.2) is 11.5 Å². The molecule has 1 aliphatic heterocycles. The minimum absolute atomic E-state index is 0.0551. The third-order valence-corrected chi connectivity index (χ3v) is 2.48. The highest BCUT2D eigenvalue weighted by Gasteiger charge is 2.20. The number of aromatic nitrogens is 1. The van der Waals surface area contributed by atoms with E-state index >= 15 is 0 Å². The molecule has 1 saturated heterocycles. The van der Waals surface area contributed by atoms with E-state index in [1.54, 1.807) is 6.92 Å². The monoisotopic (exact) mass is 194 g/mol. The maximum atomic E-state index is 11.1. The number of hydrogen-bond donors (Lipinski definition) is 0. The van der Waals surface area contributed by atoms with Crippen molar-refractivity contribution < 1.29 is 9.21 Å². The van der Waals surface area contributed by atoms with Crippen molar-refractivity contribution >= 4 is 11.8 Å². The van der Waals surface area contributed by atoms with E-state index < -0.39 is 0 Å². The summed E-state index contributed by atoms with van der Waals surface area (Å²) in [6, 6.07) is 0.602. The van der Waals surface area contributed by atoms with Crippen LogP contribution in [0, 0.1) is 6.92 Å². The van der Waals surface area contributed by atoms with Gasteiger partial charge in [-0.3, -0.25) is 4.79 Å². The van der Waals surface area contributed by atoms with E-state index in [1.807, 2.05) is 0 Å². The molecule has 2 heterocycles. The number of carbonyl (C=O) groups excluding carboxylic acids is 1. The minimum atomic E-state index is -0.0551. The molecule has 0 spiro atoms. The fourth-order valence-electron chi connectivity index (χ4n) is 1.75. The largest absolute Gasteiger partial charge is 0.420 e. The van der Waals surface area contributed by atoms with Crippen molar-refractivity contribution in [3.05, 3.63) is 11.5 Å². The van der Waals surface area contributed by atoms with Gasteiger partial charge in [-0.15, -0.1) is 0 Å². The van der Waals surface area contributed by atoms with Gasteiger partial charge in [-0.1, -0.05) is 0 Å². The number of ketones is 1. The first-order chi connectivity index (χ1) is 6.68. The number of Topliss-reactive ketones (excluding diaryl/α,β-unsaturated/α-hetero) is 1. The molecule has 0 atom stereocenters. The Morgan fingerprint density at radius 1 is 1.43 bits per heavy atom. The molecule has 1 fully saturated rings. The van der Waals surface area contributed by atoms with Gasteiger partial charge in [0.05, 0.1) is 5.69 Å². The highest BCUT2D eigenvalue weighted by molar-refractivity contribution is 5.92. The van der Waals surface area contributed by atoms with E-state index in [9.17, 15) is 4.79 Å². The van der Waals surface area contributed by atoms with Crippen LogP contribution in [0.25, 0.3) is 0 Å². The fourth-order valence-corrected chi connectivity index (χ4v) is 1.75. The molecule has 1 aromatic rings.